The summed E-state index contributed by atoms with van der Waals surface area (Å²) in [5, 5.41) is 0.171. The Bertz CT molecular complexity index is 511. The lowest BCUT2D eigenvalue weighted by Gasteiger charge is -2.41. The minimum Gasteiger partial charge on any atom is -0.466 e. The van der Waals surface area contributed by atoms with Gasteiger partial charge in [0.25, 0.3) is 0 Å². The quantitative estimate of drug-likeness (QED) is 0.350. The average molecular weight is 351 g/mol. The Labute approximate surface area is 148 Å². The summed E-state index contributed by atoms with van der Waals surface area (Å²) in [5.74, 6) is 0.0358. The lowest BCUT2D eigenvalue weighted by atomic mass is 9.93. The summed E-state index contributed by atoms with van der Waals surface area (Å²) in [6.07, 6.45) is 7.27. The molecule has 1 saturated carbocycles. The average Bonchev–Trinajstić information content (AvgIpc) is 2.80. The zero-order chi connectivity index (χ0) is 18.5. The summed E-state index contributed by atoms with van der Waals surface area (Å²) < 4.78 is 11.4. The largest absolute Gasteiger partial charge is 0.466 e. The maximum atomic E-state index is 11.2. The van der Waals surface area contributed by atoms with E-state index in [1.54, 1.807) is 0 Å². The first kappa shape index (κ1) is 20.9. The minimum absolute atomic E-state index is 0.139. The highest BCUT2D eigenvalue weighted by Gasteiger charge is 2.41. The van der Waals surface area contributed by atoms with Gasteiger partial charge in [-0.05, 0) is 49.4 Å². The second-order valence-electron chi connectivity index (χ2n) is 8.19. The highest BCUT2D eigenvalue weighted by molar-refractivity contribution is 6.74. The molecule has 0 aromatic rings. The van der Waals surface area contributed by atoms with Gasteiger partial charge in [0.2, 0.25) is 0 Å². The molecule has 1 aliphatic rings. The van der Waals surface area contributed by atoms with Gasteiger partial charge in [0.15, 0.2) is 8.32 Å². The highest BCUT2D eigenvalue weighted by Crippen LogP contribution is 2.43. The molecule has 4 heteroatoms. The first-order valence-corrected chi connectivity index (χ1v) is 11.7. The predicted molar refractivity (Wildman–Crippen MR) is 103 cm³/mol. The van der Waals surface area contributed by atoms with Crippen molar-refractivity contribution in [1.29, 1.82) is 0 Å². The van der Waals surface area contributed by atoms with Crippen molar-refractivity contribution in [2.75, 3.05) is 7.11 Å². The Morgan fingerprint density at radius 3 is 2.46 bits per heavy atom. The Balaban J connectivity index is 2.84. The first-order valence-electron chi connectivity index (χ1n) is 8.79. The van der Waals surface area contributed by atoms with Gasteiger partial charge in [-0.3, -0.25) is 0 Å². The summed E-state index contributed by atoms with van der Waals surface area (Å²) in [6, 6.07) is 0. The van der Waals surface area contributed by atoms with Crippen LogP contribution in [-0.4, -0.2) is 27.5 Å². The number of rotatable bonds is 7. The number of ether oxygens (including phenoxy) is 1. The molecule has 136 valence electrons. The lowest BCUT2D eigenvalue weighted by Crippen LogP contribution is -2.45. The molecule has 0 amide bonds. The lowest BCUT2D eigenvalue weighted by molar-refractivity contribution is -0.134. The number of esters is 1. The summed E-state index contributed by atoms with van der Waals surface area (Å²) >= 11 is 0. The van der Waals surface area contributed by atoms with E-state index in [4.69, 9.17) is 4.43 Å². The molecule has 0 N–H and O–H groups in total. The van der Waals surface area contributed by atoms with E-state index in [0.29, 0.717) is 5.92 Å². The Morgan fingerprint density at radius 2 is 2.00 bits per heavy atom. The monoisotopic (exact) mass is 350 g/mol. The van der Waals surface area contributed by atoms with Crippen LogP contribution in [0.2, 0.25) is 18.1 Å². The predicted octanol–water partition coefficient (Wildman–Crippen LogP) is 5.41. The van der Waals surface area contributed by atoms with Gasteiger partial charge in [0.1, 0.15) is 0 Å². The van der Waals surface area contributed by atoms with E-state index in [2.05, 4.69) is 51.8 Å². The highest BCUT2D eigenvalue weighted by atomic mass is 28.4. The Hall–Kier alpha value is -1.13. The molecule has 0 heterocycles. The van der Waals surface area contributed by atoms with Crippen molar-refractivity contribution in [3.8, 4) is 0 Å². The van der Waals surface area contributed by atoms with Crippen LogP contribution in [0.15, 0.2) is 36.5 Å². The fourth-order valence-electron chi connectivity index (χ4n) is 2.74. The van der Waals surface area contributed by atoms with Crippen molar-refractivity contribution in [2.24, 2.45) is 5.92 Å². The maximum absolute atomic E-state index is 11.2. The van der Waals surface area contributed by atoms with Crippen molar-refractivity contribution in [3.63, 3.8) is 0 Å². The molecule has 0 aliphatic heterocycles. The van der Waals surface area contributed by atoms with Crippen LogP contribution in [-0.2, 0) is 14.0 Å². The Morgan fingerprint density at radius 1 is 1.38 bits per heavy atom. The van der Waals surface area contributed by atoms with Crippen molar-refractivity contribution < 1.29 is 14.0 Å². The van der Waals surface area contributed by atoms with Crippen LogP contribution >= 0.6 is 0 Å². The number of hydrogen-bond acceptors (Lipinski definition) is 3. The summed E-state index contributed by atoms with van der Waals surface area (Å²) in [4.78, 5) is 11.2. The fourth-order valence-corrected chi connectivity index (χ4v) is 4.14. The summed E-state index contributed by atoms with van der Waals surface area (Å²) in [5.41, 5.74) is 2.31. The van der Waals surface area contributed by atoms with Gasteiger partial charge in [-0.2, -0.15) is 0 Å². The van der Waals surface area contributed by atoms with Crippen molar-refractivity contribution in [3.05, 3.63) is 36.5 Å². The van der Waals surface area contributed by atoms with E-state index in [1.807, 2.05) is 6.08 Å². The van der Waals surface area contributed by atoms with Crippen molar-refractivity contribution in [1.82, 2.24) is 0 Å². The van der Waals surface area contributed by atoms with Gasteiger partial charge < -0.3 is 9.16 Å². The molecule has 1 fully saturated rings. The zero-order valence-corrected chi connectivity index (χ0v) is 17.3. The molecule has 0 unspecified atom stereocenters. The number of carbonyl (C=O) groups excluding carboxylic acids is 1. The smallest absolute Gasteiger partial charge is 0.330 e. The Kier molecular flexibility index (Phi) is 7.23. The molecule has 3 nitrogen and oxygen atoms in total. The number of hydrogen-bond donors (Lipinski definition) is 0. The van der Waals surface area contributed by atoms with Gasteiger partial charge >= 0.3 is 5.97 Å². The van der Waals surface area contributed by atoms with Crippen molar-refractivity contribution >= 4 is 14.3 Å². The molecular weight excluding hydrogens is 316 g/mol. The molecule has 0 radical (unpaired) electrons. The van der Waals surface area contributed by atoms with Gasteiger partial charge in [-0.1, -0.05) is 45.6 Å². The number of allylic oxidation sites excluding steroid dienone is 2. The molecule has 0 aromatic carbocycles. The molecule has 2 atom stereocenters. The van der Waals surface area contributed by atoms with Gasteiger partial charge in [-0.25, -0.2) is 4.79 Å². The summed E-state index contributed by atoms with van der Waals surface area (Å²) in [7, 11) is -0.469. The first-order chi connectivity index (χ1) is 11.0. The van der Waals surface area contributed by atoms with E-state index in [0.717, 1.165) is 36.8 Å². The fraction of sp³-hybridized carbons (Fsp3) is 0.650. The van der Waals surface area contributed by atoms with Crippen LogP contribution in [0.3, 0.4) is 0 Å². The van der Waals surface area contributed by atoms with Crippen LogP contribution in [0.1, 0.15) is 46.5 Å². The molecule has 1 rings (SSSR count). The number of methoxy groups -OCH3 is 1. The van der Waals surface area contributed by atoms with Crippen LogP contribution < -0.4 is 0 Å². The van der Waals surface area contributed by atoms with E-state index >= 15 is 0 Å². The molecule has 0 bridgehead atoms. The molecule has 0 aromatic heterocycles. The number of carbonyl (C=O) groups is 1. The molecule has 0 spiro atoms. The van der Waals surface area contributed by atoms with Gasteiger partial charge in [0, 0.05) is 12.0 Å². The maximum Gasteiger partial charge on any atom is 0.330 e. The van der Waals surface area contributed by atoms with Crippen LogP contribution in [0, 0.1) is 5.92 Å². The van der Waals surface area contributed by atoms with E-state index in [-0.39, 0.29) is 17.1 Å². The van der Waals surface area contributed by atoms with Crippen LogP contribution in [0.5, 0.6) is 0 Å². The second-order valence-corrected chi connectivity index (χ2v) is 12.9. The van der Waals surface area contributed by atoms with E-state index in [1.165, 1.54) is 13.2 Å². The topological polar surface area (TPSA) is 35.5 Å². The van der Waals surface area contributed by atoms with Gasteiger partial charge in [-0.15, -0.1) is 0 Å². The third-order valence-corrected chi connectivity index (χ3v) is 9.94. The molecule has 0 saturated heterocycles. The van der Waals surface area contributed by atoms with Crippen LogP contribution in [0.4, 0.5) is 0 Å². The third kappa shape index (κ3) is 5.45. The van der Waals surface area contributed by atoms with E-state index < -0.39 is 8.32 Å². The SMILES string of the molecule is C=C1CC[C@@H]([C@@H](CC/C=C\C(=O)OC)O[Si](C)(C)C(C)(C)C)C1=C. The molecule has 1 aliphatic carbocycles. The molecule has 24 heavy (non-hydrogen) atoms. The van der Waals surface area contributed by atoms with Crippen molar-refractivity contribution in [2.45, 2.75) is 70.7 Å². The van der Waals surface area contributed by atoms with Crippen LogP contribution in [0.25, 0.3) is 0 Å². The van der Waals surface area contributed by atoms with Gasteiger partial charge in [0.05, 0.1) is 13.2 Å². The molecular formula is C20H34O3Si. The third-order valence-electron chi connectivity index (χ3n) is 5.43. The zero-order valence-electron chi connectivity index (χ0n) is 16.3. The summed E-state index contributed by atoms with van der Waals surface area (Å²) in [6.45, 7) is 19.7. The standard InChI is InChI=1S/C20H34O3Si/c1-15-13-14-17(16(15)2)18(11-9-10-12-19(21)22-6)23-24(7,8)20(3,4)5/h10,12,17-18H,1-2,9,11,13-14H2,3-8H3/b12-10-/t17-,18-/m1/s1. The van der Waals surface area contributed by atoms with E-state index in [9.17, 15) is 4.79 Å². The second kappa shape index (κ2) is 8.30. The normalized spacial score (nSPS) is 20.7. The minimum atomic E-state index is -1.86.